The Hall–Kier alpha value is -0.720. The fourth-order valence-corrected chi connectivity index (χ4v) is 4.59. The number of hydrogen-bond donors (Lipinski definition) is 0. The van der Waals surface area contributed by atoms with Crippen molar-refractivity contribution in [2.75, 3.05) is 0 Å². The summed E-state index contributed by atoms with van der Waals surface area (Å²) in [6.07, 6.45) is 0. The molecule has 0 saturated carbocycles. The first-order valence-electron chi connectivity index (χ1n) is 9.00. The van der Waals surface area contributed by atoms with Gasteiger partial charge in [-0.25, -0.2) is 0 Å². The van der Waals surface area contributed by atoms with Crippen LogP contribution in [0.3, 0.4) is 0 Å². The van der Waals surface area contributed by atoms with Crippen molar-refractivity contribution >= 4 is 0 Å². The molecule has 0 saturated heterocycles. The maximum Gasteiger partial charge on any atom is 0.0557 e. The van der Waals surface area contributed by atoms with E-state index in [9.17, 15) is 0 Å². The predicted molar refractivity (Wildman–Crippen MR) is 99.9 cm³/mol. The van der Waals surface area contributed by atoms with Gasteiger partial charge in [0.05, 0.1) is 5.54 Å². The maximum absolute atomic E-state index is 2.70. The summed E-state index contributed by atoms with van der Waals surface area (Å²) >= 11 is 0. The van der Waals surface area contributed by atoms with Gasteiger partial charge in [0.15, 0.2) is 0 Å². The smallest absolute Gasteiger partial charge is 0.0557 e. The summed E-state index contributed by atoms with van der Waals surface area (Å²) in [5.41, 5.74) is 6.45. The van der Waals surface area contributed by atoms with Crippen LogP contribution in [0.1, 0.15) is 83.1 Å². The van der Waals surface area contributed by atoms with Gasteiger partial charge in [-0.15, -0.1) is 0 Å². The first kappa shape index (κ1) is 19.3. The molecule has 22 heavy (non-hydrogen) atoms. The van der Waals surface area contributed by atoms with Gasteiger partial charge in [0.2, 0.25) is 0 Å². The highest BCUT2D eigenvalue weighted by atomic mass is 15.2. The van der Waals surface area contributed by atoms with Gasteiger partial charge in [-0.3, -0.25) is 0 Å². The number of nitrogens with zero attached hydrogens (tertiary/aromatic N) is 1. The second kappa shape index (κ2) is 6.06. The molecule has 0 spiro atoms. The minimum absolute atomic E-state index is 0.0613. The summed E-state index contributed by atoms with van der Waals surface area (Å²) in [6.45, 7) is 28.4. The van der Waals surface area contributed by atoms with E-state index in [0.717, 1.165) is 0 Å². The van der Waals surface area contributed by atoms with E-state index < -0.39 is 0 Å². The van der Waals surface area contributed by atoms with Crippen LogP contribution in [-0.4, -0.2) is 16.5 Å². The van der Waals surface area contributed by atoms with Gasteiger partial charge in [-0.05, 0) is 64.5 Å². The Morgan fingerprint density at radius 2 is 1.18 bits per heavy atom. The van der Waals surface area contributed by atoms with Crippen molar-refractivity contribution in [1.29, 1.82) is 0 Å². The Labute approximate surface area is 139 Å². The van der Waals surface area contributed by atoms with Crippen LogP contribution in [-0.2, 0) is 0 Å². The van der Waals surface area contributed by atoms with E-state index in [2.05, 4.69) is 88.0 Å². The van der Waals surface area contributed by atoms with E-state index in [0.29, 0.717) is 17.9 Å². The lowest BCUT2D eigenvalue weighted by Crippen LogP contribution is -2.49. The van der Waals surface area contributed by atoms with Crippen LogP contribution in [0.15, 0.2) is 22.4 Å². The van der Waals surface area contributed by atoms with Gasteiger partial charge in [0.1, 0.15) is 0 Å². The van der Waals surface area contributed by atoms with E-state index in [1.54, 1.807) is 16.8 Å². The van der Waals surface area contributed by atoms with Crippen LogP contribution in [0.2, 0.25) is 0 Å². The number of hydrogen-bond acceptors (Lipinski definition) is 1. The molecule has 1 nitrogen and oxygen atoms in total. The molecule has 0 aliphatic carbocycles. The normalized spacial score (nSPS) is 22.2. The highest BCUT2D eigenvalue weighted by Crippen LogP contribution is 2.50. The molecule has 1 aliphatic rings. The Morgan fingerprint density at radius 1 is 0.727 bits per heavy atom. The molecular formula is C21H39N. The summed E-state index contributed by atoms with van der Waals surface area (Å²) in [7, 11) is 0. The molecule has 1 aliphatic heterocycles. The molecule has 0 aromatic rings. The first-order valence-corrected chi connectivity index (χ1v) is 9.00. The van der Waals surface area contributed by atoms with Crippen LogP contribution < -0.4 is 0 Å². The molecule has 1 heteroatoms. The third-order valence-electron chi connectivity index (χ3n) is 5.87. The molecule has 0 aromatic heterocycles. The standard InChI is InChI=1S/C21H39N/c1-13(2)18-19(14(3)4)22(15(5)6)21(11,12)17(8)16(7)20(18,9)10/h13-15H,1-12H3. The molecular weight excluding hydrogens is 266 g/mol. The van der Waals surface area contributed by atoms with Crippen molar-refractivity contribution < 1.29 is 0 Å². The molecule has 0 amide bonds. The summed E-state index contributed by atoms with van der Waals surface area (Å²) in [4.78, 5) is 2.70. The van der Waals surface area contributed by atoms with Crippen molar-refractivity contribution in [1.82, 2.24) is 4.90 Å². The SMILES string of the molecule is CC1=C(C)C(C)(C)N(C(C)C)C(C(C)C)=C(C(C)C)C1(C)C. The summed E-state index contributed by atoms with van der Waals surface area (Å²) in [6, 6.07) is 0.498. The summed E-state index contributed by atoms with van der Waals surface area (Å²) < 4.78 is 0. The molecule has 0 fully saturated rings. The third-order valence-corrected chi connectivity index (χ3v) is 5.87. The fourth-order valence-electron chi connectivity index (χ4n) is 4.59. The lowest BCUT2D eigenvalue weighted by molar-refractivity contribution is 0.142. The van der Waals surface area contributed by atoms with Gasteiger partial charge in [0, 0.05) is 17.2 Å². The zero-order valence-electron chi connectivity index (χ0n) is 17.2. The molecule has 0 aromatic carbocycles. The highest BCUT2D eigenvalue weighted by molar-refractivity contribution is 5.42. The Bertz CT molecular complexity index is 484. The van der Waals surface area contributed by atoms with Crippen molar-refractivity contribution in [3.63, 3.8) is 0 Å². The van der Waals surface area contributed by atoms with Crippen molar-refractivity contribution in [3.05, 3.63) is 22.4 Å². The molecule has 0 bridgehead atoms. The van der Waals surface area contributed by atoms with Gasteiger partial charge in [-0.2, -0.15) is 0 Å². The third kappa shape index (κ3) is 2.88. The molecule has 1 heterocycles. The van der Waals surface area contributed by atoms with E-state index in [1.165, 1.54) is 5.57 Å². The van der Waals surface area contributed by atoms with Gasteiger partial charge in [0.25, 0.3) is 0 Å². The summed E-state index contributed by atoms with van der Waals surface area (Å²) in [5, 5.41) is 0. The number of rotatable bonds is 3. The Balaban J connectivity index is 3.94. The van der Waals surface area contributed by atoms with E-state index in [1.807, 2.05) is 0 Å². The fraction of sp³-hybridized carbons (Fsp3) is 0.810. The Morgan fingerprint density at radius 3 is 1.50 bits per heavy atom. The summed E-state index contributed by atoms with van der Waals surface area (Å²) in [5.74, 6) is 1.10. The van der Waals surface area contributed by atoms with Crippen molar-refractivity contribution in [3.8, 4) is 0 Å². The molecule has 0 unspecified atom stereocenters. The topological polar surface area (TPSA) is 3.24 Å². The van der Waals surface area contributed by atoms with Gasteiger partial charge >= 0.3 is 0 Å². The molecule has 0 N–H and O–H groups in total. The van der Waals surface area contributed by atoms with Crippen LogP contribution in [0.4, 0.5) is 0 Å². The predicted octanol–water partition coefficient (Wildman–Crippen LogP) is 6.42. The minimum atomic E-state index is 0.0613. The molecule has 128 valence electrons. The lowest BCUT2D eigenvalue weighted by atomic mass is 9.70. The quantitative estimate of drug-likeness (QED) is 0.544. The largest absolute Gasteiger partial charge is 0.363 e. The van der Waals surface area contributed by atoms with E-state index in [-0.39, 0.29) is 11.0 Å². The molecule has 0 atom stereocenters. The Kier molecular flexibility index (Phi) is 5.32. The zero-order chi connectivity index (χ0) is 17.6. The van der Waals surface area contributed by atoms with E-state index in [4.69, 9.17) is 0 Å². The van der Waals surface area contributed by atoms with Crippen LogP contribution in [0.25, 0.3) is 0 Å². The first-order chi connectivity index (χ1) is 9.77. The highest BCUT2D eigenvalue weighted by Gasteiger charge is 2.43. The maximum atomic E-state index is 2.70. The van der Waals surface area contributed by atoms with Crippen LogP contribution in [0, 0.1) is 17.3 Å². The van der Waals surface area contributed by atoms with Gasteiger partial charge in [-0.1, -0.05) is 47.1 Å². The van der Waals surface area contributed by atoms with Crippen molar-refractivity contribution in [2.45, 2.75) is 94.7 Å². The van der Waals surface area contributed by atoms with Crippen LogP contribution in [0.5, 0.6) is 0 Å². The monoisotopic (exact) mass is 305 g/mol. The second-order valence-electron chi connectivity index (χ2n) is 9.01. The molecule has 1 rings (SSSR count). The zero-order valence-corrected chi connectivity index (χ0v) is 17.2. The average molecular weight is 306 g/mol. The lowest BCUT2D eigenvalue weighted by Gasteiger charge is -2.47. The molecule has 0 radical (unpaired) electrons. The van der Waals surface area contributed by atoms with Gasteiger partial charge < -0.3 is 4.90 Å². The van der Waals surface area contributed by atoms with Crippen molar-refractivity contribution in [2.24, 2.45) is 17.3 Å². The minimum Gasteiger partial charge on any atom is -0.363 e. The second-order valence-corrected chi connectivity index (χ2v) is 9.01. The average Bonchev–Trinajstić information content (AvgIpc) is 2.37. The number of allylic oxidation sites excluding steroid dienone is 3. The van der Waals surface area contributed by atoms with Crippen LogP contribution >= 0.6 is 0 Å². The van der Waals surface area contributed by atoms with E-state index >= 15 is 0 Å².